The smallest absolute Gasteiger partial charge is 0.255 e. The topological polar surface area (TPSA) is 90.9 Å². The average Bonchev–Trinajstić information content (AvgIpc) is 3.10. The molecule has 0 aliphatic carbocycles. The summed E-state index contributed by atoms with van der Waals surface area (Å²) in [6.45, 7) is 1.39. The summed E-state index contributed by atoms with van der Waals surface area (Å²) in [5.41, 5.74) is 1.07. The van der Waals surface area contributed by atoms with E-state index in [-0.39, 0.29) is 41.7 Å². The highest BCUT2D eigenvalue weighted by molar-refractivity contribution is 5.97. The van der Waals surface area contributed by atoms with Gasteiger partial charge >= 0.3 is 0 Å². The van der Waals surface area contributed by atoms with Gasteiger partial charge < -0.3 is 20.5 Å². The fraction of sp³-hybridized carbons (Fsp3) is 0.391. The molecule has 2 aliphatic rings. The zero-order chi connectivity index (χ0) is 21.8. The highest BCUT2D eigenvalue weighted by Gasteiger charge is 2.35. The molecule has 0 spiro atoms. The van der Waals surface area contributed by atoms with Crippen molar-refractivity contribution in [3.63, 3.8) is 0 Å². The third-order valence-electron chi connectivity index (χ3n) is 5.83. The molecule has 31 heavy (non-hydrogen) atoms. The Hall–Kier alpha value is -3.13. The molecule has 7 nitrogen and oxygen atoms in total. The number of carbonyl (C=O) groups excluding carboxylic acids is 2. The number of hydrogen-bond acceptors (Lipinski definition) is 5. The number of phenolic OH excluding ortho intramolecular Hbond substituents is 1. The lowest BCUT2D eigenvalue weighted by atomic mass is 10.1. The summed E-state index contributed by atoms with van der Waals surface area (Å²) in [6.07, 6.45) is 2.00. The van der Waals surface area contributed by atoms with Crippen LogP contribution in [0, 0.1) is 5.82 Å². The van der Waals surface area contributed by atoms with Gasteiger partial charge in [0.25, 0.3) is 5.91 Å². The van der Waals surface area contributed by atoms with Crippen LogP contribution < -0.4 is 15.4 Å². The Balaban J connectivity index is 1.58. The molecule has 2 aromatic rings. The van der Waals surface area contributed by atoms with Gasteiger partial charge in [-0.25, -0.2) is 4.39 Å². The minimum Gasteiger partial charge on any atom is -0.508 e. The van der Waals surface area contributed by atoms with Gasteiger partial charge in [0, 0.05) is 31.6 Å². The summed E-state index contributed by atoms with van der Waals surface area (Å²) in [7, 11) is 0. The second kappa shape index (κ2) is 9.34. The number of amides is 2. The number of nitrogens with zero attached hydrogens (tertiary/aromatic N) is 1. The number of rotatable bonds is 2. The SMILES string of the molecule is O=C1C[C@@H]2CC[C@H](CNC(=O)c3cc(F)ccc3OCCN1)N2Cc1cccc(O)c1. The van der Waals surface area contributed by atoms with E-state index in [1.165, 1.54) is 12.1 Å². The van der Waals surface area contributed by atoms with E-state index in [1.807, 2.05) is 6.07 Å². The lowest BCUT2D eigenvalue weighted by Gasteiger charge is -2.30. The zero-order valence-electron chi connectivity index (χ0n) is 17.1. The van der Waals surface area contributed by atoms with Crippen LogP contribution in [0.15, 0.2) is 42.5 Å². The predicted octanol–water partition coefficient (Wildman–Crippen LogP) is 2.19. The van der Waals surface area contributed by atoms with Crippen LogP contribution in [0.1, 0.15) is 35.2 Å². The van der Waals surface area contributed by atoms with Crippen molar-refractivity contribution >= 4 is 11.8 Å². The quantitative estimate of drug-likeness (QED) is 0.684. The number of carbonyl (C=O) groups is 2. The Morgan fingerprint density at radius 3 is 2.77 bits per heavy atom. The van der Waals surface area contributed by atoms with E-state index in [0.717, 1.165) is 24.5 Å². The van der Waals surface area contributed by atoms with E-state index in [9.17, 15) is 19.1 Å². The third kappa shape index (κ3) is 5.14. The first-order valence-electron chi connectivity index (χ1n) is 10.5. The minimum absolute atomic E-state index is 0.0185. The Labute approximate surface area is 180 Å². The lowest BCUT2D eigenvalue weighted by Crippen LogP contribution is -2.44. The van der Waals surface area contributed by atoms with Crippen LogP contribution in [0.3, 0.4) is 0 Å². The molecule has 2 bridgehead atoms. The first-order chi connectivity index (χ1) is 15.0. The molecule has 8 heteroatoms. The molecule has 2 aromatic carbocycles. The van der Waals surface area contributed by atoms with Crippen molar-refractivity contribution < 1.29 is 23.8 Å². The number of fused-ring (bicyclic) bond motifs is 3. The Morgan fingerprint density at radius 1 is 1.10 bits per heavy atom. The van der Waals surface area contributed by atoms with E-state index >= 15 is 0 Å². The third-order valence-corrected chi connectivity index (χ3v) is 5.83. The summed E-state index contributed by atoms with van der Waals surface area (Å²) in [6, 6.07) is 10.9. The summed E-state index contributed by atoms with van der Waals surface area (Å²) >= 11 is 0. The van der Waals surface area contributed by atoms with Gasteiger partial charge in [-0.05, 0) is 48.7 Å². The van der Waals surface area contributed by atoms with Crippen molar-refractivity contribution in [2.45, 2.75) is 37.9 Å². The van der Waals surface area contributed by atoms with Crippen LogP contribution in [-0.2, 0) is 11.3 Å². The van der Waals surface area contributed by atoms with Crippen LogP contribution in [0.5, 0.6) is 11.5 Å². The number of ether oxygens (including phenoxy) is 1. The maximum Gasteiger partial charge on any atom is 0.255 e. The molecule has 1 saturated heterocycles. The Kier molecular flexibility index (Phi) is 6.36. The maximum absolute atomic E-state index is 13.8. The standard InChI is InChI=1S/C23H26FN3O4/c24-16-4-7-21-20(11-16)23(30)26-13-18-6-5-17(12-22(29)25-8-9-31-21)27(18)14-15-2-1-3-19(28)10-15/h1-4,7,10-11,17-18,28H,5-6,8-9,12-14H2,(H,25,29)(H,26,30)/t17-,18+/m0/s1. The number of nitrogens with one attached hydrogen (secondary N) is 2. The van der Waals surface area contributed by atoms with Crippen molar-refractivity contribution in [3.05, 3.63) is 59.4 Å². The van der Waals surface area contributed by atoms with Gasteiger partial charge in [0.05, 0.1) is 12.1 Å². The number of benzene rings is 2. The molecule has 1 fully saturated rings. The summed E-state index contributed by atoms with van der Waals surface area (Å²) in [5.74, 6) is -0.493. The van der Waals surface area contributed by atoms with Gasteiger partial charge in [-0.15, -0.1) is 0 Å². The van der Waals surface area contributed by atoms with E-state index in [4.69, 9.17) is 4.74 Å². The summed E-state index contributed by atoms with van der Waals surface area (Å²) in [5, 5.41) is 15.6. The van der Waals surface area contributed by atoms with E-state index in [2.05, 4.69) is 15.5 Å². The van der Waals surface area contributed by atoms with Gasteiger partial charge in [-0.1, -0.05) is 12.1 Å². The van der Waals surface area contributed by atoms with Crippen molar-refractivity contribution in [2.24, 2.45) is 0 Å². The van der Waals surface area contributed by atoms with Crippen molar-refractivity contribution in [2.75, 3.05) is 19.7 Å². The molecule has 0 radical (unpaired) electrons. The van der Waals surface area contributed by atoms with Crippen molar-refractivity contribution in [1.29, 1.82) is 0 Å². The molecular weight excluding hydrogens is 401 g/mol. The van der Waals surface area contributed by atoms with Gasteiger partial charge in [0.2, 0.25) is 5.91 Å². The highest BCUT2D eigenvalue weighted by Crippen LogP contribution is 2.29. The van der Waals surface area contributed by atoms with Gasteiger partial charge in [0.15, 0.2) is 0 Å². The number of aromatic hydroxyl groups is 1. The molecule has 4 rings (SSSR count). The average molecular weight is 427 g/mol. The van der Waals surface area contributed by atoms with Gasteiger partial charge in [-0.2, -0.15) is 0 Å². The van der Waals surface area contributed by atoms with Crippen LogP contribution >= 0.6 is 0 Å². The molecular formula is C23H26FN3O4. The van der Waals surface area contributed by atoms with Crippen molar-refractivity contribution in [3.8, 4) is 11.5 Å². The first kappa shape index (κ1) is 21.1. The van der Waals surface area contributed by atoms with E-state index in [0.29, 0.717) is 26.1 Å². The first-order valence-corrected chi connectivity index (χ1v) is 10.5. The summed E-state index contributed by atoms with van der Waals surface area (Å²) < 4.78 is 19.4. The molecule has 2 amide bonds. The molecule has 2 atom stereocenters. The van der Waals surface area contributed by atoms with Crippen LogP contribution in [-0.4, -0.2) is 53.6 Å². The number of phenols is 1. The number of halogens is 1. The van der Waals surface area contributed by atoms with Gasteiger partial charge in [-0.3, -0.25) is 14.5 Å². The number of hydrogen-bond donors (Lipinski definition) is 3. The molecule has 3 N–H and O–H groups in total. The second-order valence-electron chi connectivity index (χ2n) is 7.98. The van der Waals surface area contributed by atoms with Crippen LogP contribution in [0.2, 0.25) is 0 Å². The molecule has 164 valence electrons. The fourth-order valence-electron chi connectivity index (χ4n) is 4.33. The highest BCUT2D eigenvalue weighted by atomic mass is 19.1. The monoisotopic (exact) mass is 427 g/mol. The van der Waals surface area contributed by atoms with E-state index in [1.54, 1.807) is 18.2 Å². The zero-order valence-corrected chi connectivity index (χ0v) is 17.1. The molecule has 0 saturated carbocycles. The predicted molar refractivity (Wildman–Crippen MR) is 112 cm³/mol. The van der Waals surface area contributed by atoms with Gasteiger partial charge in [0.1, 0.15) is 23.9 Å². The largest absolute Gasteiger partial charge is 0.508 e. The Bertz CT molecular complexity index is 968. The molecule has 2 aliphatic heterocycles. The molecule has 0 aromatic heterocycles. The normalized spacial score (nSPS) is 22.6. The van der Waals surface area contributed by atoms with Crippen molar-refractivity contribution in [1.82, 2.24) is 15.5 Å². The van der Waals surface area contributed by atoms with E-state index < -0.39 is 11.7 Å². The molecule has 2 heterocycles. The lowest BCUT2D eigenvalue weighted by molar-refractivity contribution is -0.122. The summed E-state index contributed by atoms with van der Waals surface area (Å²) in [4.78, 5) is 27.5. The minimum atomic E-state index is -0.515. The Morgan fingerprint density at radius 2 is 1.94 bits per heavy atom. The fourth-order valence-corrected chi connectivity index (χ4v) is 4.33. The maximum atomic E-state index is 13.8. The van der Waals surface area contributed by atoms with Crippen LogP contribution in [0.25, 0.3) is 0 Å². The molecule has 0 unspecified atom stereocenters. The second-order valence-corrected chi connectivity index (χ2v) is 7.98. The van der Waals surface area contributed by atoms with Crippen LogP contribution in [0.4, 0.5) is 4.39 Å².